The van der Waals surface area contributed by atoms with Gasteiger partial charge in [0.2, 0.25) is 5.95 Å². The molecule has 0 bridgehead atoms. The van der Waals surface area contributed by atoms with Gasteiger partial charge in [0.25, 0.3) is 11.1 Å². The van der Waals surface area contributed by atoms with Gasteiger partial charge in [0.05, 0.1) is 38.9 Å². The maximum absolute atomic E-state index is 13.9. The van der Waals surface area contributed by atoms with Crippen LogP contribution in [0.15, 0.2) is 34.5 Å². The number of nitrogen functional groups attached to an aromatic ring is 2. The summed E-state index contributed by atoms with van der Waals surface area (Å²) in [6.07, 6.45) is -14.4. The van der Waals surface area contributed by atoms with Gasteiger partial charge in [-0.15, -0.1) is 0 Å². The van der Waals surface area contributed by atoms with Crippen molar-refractivity contribution in [2.24, 2.45) is 0 Å². The van der Waals surface area contributed by atoms with E-state index in [1.807, 2.05) is 0 Å². The average Bonchev–Trinajstić information content (AvgIpc) is 4.13. The number of rotatable bonds is 22. The molecule has 41 heteroatoms. The highest BCUT2D eigenvalue weighted by Crippen LogP contribution is 2.68. The van der Waals surface area contributed by atoms with E-state index in [0.29, 0.717) is 0 Å². The number of imidazole rings is 1. The maximum atomic E-state index is 13.9. The van der Waals surface area contributed by atoms with Crippen LogP contribution in [0.1, 0.15) is 26.3 Å². The van der Waals surface area contributed by atoms with Crippen LogP contribution >= 0.6 is 43.5 Å². The molecule has 0 amide bonds. The molecule has 422 valence electrons. The smallest absolute Gasteiger partial charge is 0.387 e. The van der Waals surface area contributed by atoms with Gasteiger partial charge in [-0.2, -0.15) is 13.6 Å². The first-order valence-electron chi connectivity index (χ1n) is 22.1. The Hall–Kier alpha value is -4.07. The predicted molar refractivity (Wildman–Crippen MR) is 255 cm³/mol. The van der Waals surface area contributed by atoms with Crippen LogP contribution in [0, 0.1) is 4.77 Å². The zero-order chi connectivity index (χ0) is 55.4. The Labute approximate surface area is 432 Å². The molecule has 4 aliphatic heterocycles. The number of fused-ring (bicyclic) bond motifs is 2. The number of phosphoric acid groups is 4. The molecule has 0 aliphatic carbocycles. The van der Waals surface area contributed by atoms with Gasteiger partial charge in [-0.25, -0.2) is 33.2 Å². The number of hydrogen-bond acceptors (Lipinski definition) is 29. The molecule has 0 spiro atoms. The van der Waals surface area contributed by atoms with Crippen molar-refractivity contribution in [2.45, 2.75) is 93.6 Å². The first-order chi connectivity index (χ1) is 35.6. The van der Waals surface area contributed by atoms with Crippen LogP contribution < -0.4 is 32.4 Å². The fourth-order valence-electron chi connectivity index (χ4n) is 8.65. The summed E-state index contributed by atoms with van der Waals surface area (Å²) in [6.45, 7) is 0.196. The Kier molecular flexibility index (Phi) is 17.3. The summed E-state index contributed by atoms with van der Waals surface area (Å²) in [5.41, 5.74) is 10.8. The number of hydrogen-bond donors (Lipinski definition) is 10. The van der Waals surface area contributed by atoms with Crippen LogP contribution in [0.5, 0.6) is 0 Å². The molecule has 36 nitrogen and oxygen atoms in total. The lowest BCUT2D eigenvalue weighted by atomic mass is 10.1. The van der Waals surface area contributed by atoms with E-state index in [0.717, 1.165) is 19.5 Å². The molecular formula is C35H52N12O24P4S. The minimum atomic E-state index is -6.16. The van der Waals surface area contributed by atoms with Gasteiger partial charge in [0.1, 0.15) is 72.5 Å². The first kappa shape index (κ1) is 58.1. The van der Waals surface area contributed by atoms with Gasteiger partial charge in [-0.1, -0.05) is 0 Å². The predicted octanol–water partition coefficient (Wildman–Crippen LogP) is -1.16. The number of nitrogens with one attached hydrogen (secondary N) is 2. The standard InChI is InChI=1S/C35H52N12O24P4S/c1-14(2)65-23-16(67-31(22(23)50)45-7-6-18(48)41-35(45)76)9-62-72(52,53)69-24-17(68-33(26(24)61-5)46-12-40-19-27(36)38-11-39-28(19)46)10-64-74(56,57)71-75(58,59)70-73(54,55)63-8-15-21(49)25(60-4)32(66-15)47-13-44(3)20-29(47)42-34(37)43-30(20)51/h6-7,11-12,14-17,21-26,31-33,49-50H,8-10,13H2,1-5H3,(H,52,53)(H,54,55)(H,56,57)(H,58,59)(H2,36,38,39)(H,41,48,76)(H3,37,42,43,51)/t15-,16-,17-,21+,22+,23?,24?,25?,26+,31-,32-,33-/m1/s1. The van der Waals surface area contributed by atoms with E-state index in [2.05, 4.69) is 38.5 Å². The van der Waals surface area contributed by atoms with Gasteiger partial charge in [-0.3, -0.25) is 46.8 Å². The summed E-state index contributed by atoms with van der Waals surface area (Å²) >= 11 is 5.22. The van der Waals surface area contributed by atoms with Crippen molar-refractivity contribution in [3.63, 3.8) is 0 Å². The highest BCUT2D eigenvalue weighted by atomic mass is 32.1. The molecule has 8 heterocycles. The Morgan fingerprint density at radius 1 is 0.776 bits per heavy atom. The van der Waals surface area contributed by atoms with Crippen LogP contribution in [0.2, 0.25) is 0 Å². The molecule has 4 aliphatic rings. The third kappa shape index (κ3) is 12.5. The second-order valence-corrected chi connectivity index (χ2v) is 23.7. The SMILES string of the molecule is COC1[C@@H](O)[C@@H](COP(=O)(O)OP(=O)(O)OP(=O)(O)OC[C@H]2O[C@@H](n3cnc4c(N)ncnc43)[C@@H](OC)C2OP(=O)(O)OC[C@H]2O[C@@H](n3ccc(=O)[nH]c3=S)[C@@H](O)C2OC(C)C)O[C@H]1N1CN(C)c2c1nc(N)[nH]c2=O. The summed E-state index contributed by atoms with van der Waals surface area (Å²) in [6, 6.07) is 1.12. The summed E-state index contributed by atoms with van der Waals surface area (Å²) < 4.78 is 119. The van der Waals surface area contributed by atoms with Crippen LogP contribution in [0.3, 0.4) is 0 Å². The zero-order valence-corrected chi connectivity index (χ0v) is 44.5. The normalized spacial score (nSPS) is 30.9. The van der Waals surface area contributed by atoms with Crippen molar-refractivity contribution in [1.29, 1.82) is 0 Å². The molecule has 7 unspecified atom stereocenters. The number of aromatic amines is 2. The number of H-pyrrole nitrogens is 2. The van der Waals surface area contributed by atoms with E-state index >= 15 is 0 Å². The topological polar surface area (TPSA) is 486 Å². The molecule has 8 rings (SSSR count). The van der Waals surface area contributed by atoms with Gasteiger partial charge in [0, 0.05) is 33.5 Å². The highest BCUT2D eigenvalue weighted by molar-refractivity contribution is 7.71. The third-order valence-corrected chi connectivity index (χ3v) is 17.3. The molecule has 4 aromatic rings. The quantitative estimate of drug-likeness (QED) is 0.0328. The van der Waals surface area contributed by atoms with E-state index in [-0.39, 0.29) is 45.9 Å². The number of nitrogens with two attached hydrogens (primary N) is 2. The van der Waals surface area contributed by atoms with E-state index in [1.54, 1.807) is 20.9 Å². The average molecular weight is 1180 g/mol. The molecule has 12 N–H and O–H groups in total. The van der Waals surface area contributed by atoms with E-state index in [4.69, 9.17) is 70.2 Å². The number of phosphoric ester groups is 3. The molecule has 3 fully saturated rings. The monoisotopic (exact) mass is 1180 g/mol. The van der Waals surface area contributed by atoms with Crippen molar-refractivity contribution < 1.29 is 103 Å². The summed E-state index contributed by atoms with van der Waals surface area (Å²) in [5.74, 6) is -0.251. The Bertz CT molecular complexity index is 3150. The lowest BCUT2D eigenvalue weighted by Crippen LogP contribution is -2.46. The van der Waals surface area contributed by atoms with Crippen LogP contribution in [0.25, 0.3) is 11.2 Å². The molecule has 16 atom stereocenters. The second-order valence-electron chi connectivity index (χ2n) is 17.3. The zero-order valence-electron chi connectivity index (χ0n) is 40.1. The van der Waals surface area contributed by atoms with Crippen molar-refractivity contribution in [2.75, 3.05) is 69.0 Å². The van der Waals surface area contributed by atoms with Crippen molar-refractivity contribution in [3.05, 3.63) is 50.4 Å². The number of methoxy groups -OCH3 is 2. The van der Waals surface area contributed by atoms with Gasteiger partial charge in [0.15, 0.2) is 40.7 Å². The second kappa shape index (κ2) is 22.6. The van der Waals surface area contributed by atoms with Crippen molar-refractivity contribution >= 4 is 77.9 Å². The lowest BCUT2D eigenvalue weighted by Gasteiger charge is -2.29. The molecule has 0 radical (unpaired) electrons. The summed E-state index contributed by atoms with van der Waals surface area (Å²) in [7, 11) is -19.4. The van der Waals surface area contributed by atoms with Gasteiger partial charge >= 0.3 is 31.3 Å². The Morgan fingerprint density at radius 2 is 1.38 bits per heavy atom. The molecular weight excluding hydrogens is 1130 g/mol. The number of aliphatic hydroxyl groups excluding tert-OH is 2. The number of anilines is 4. The largest absolute Gasteiger partial charge is 0.490 e. The van der Waals surface area contributed by atoms with Crippen LogP contribution in [0.4, 0.5) is 23.3 Å². The molecule has 0 saturated carbocycles. The summed E-state index contributed by atoms with van der Waals surface area (Å²) in [5, 5.41) is 22.3. The van der Waals surface area contributed by atoms with E-state index in [9.17, 15) is 57.6 Å². The summed E-state index contributed by atoms with van der Waals surface area (Å²) in [4.78, 5) is 91.2. The van der Waals surface area contributed by atoms with Crippen LogP contribution in [-0.2, 0) is 73.4 Å². The van der Waals surface area contributed by atoms with E-state index < -0.39 is 142 Å². The minimum absolute atomic E-state index is 0.0232. The fourth-order valence-corrected chi connectivity index (χ4v) is 13.4. The highest BCUT2D eigenvalue weighted by Gasteiger charge is 2.54. The molecule has 3 saturated heterocycles. The van der Waals surface area contributed by atoms with Crippen molar-refractivity contribution in [1.82, 2.24) is 39.0 Å². The fraction of sp³-hybridized carbons (Fsp3) is 0.629. The van der Waals surface area contributed by atoms with Gasteiger partial charge < -0.3 is 79.5 Å². The molecule has 76 heavy (non-hydrogen) atoms. The van der Waals surface area contributed by atoms with E-state index in [1.165, 1.54) is 38.6 Å². The number of aliphatic hydroxyl groups is 2. The number of ether oxygens (including phenoxy) is 6. The Balaban J connectivity index is 0.941. The lowest BCUT2D eigenvalue weighted by molar-refractivity contribution is -0.0816. The first-order valence-corrected chi connectivity index (χ1v) is 28.5. The molecule has 4 aromatic heterocycles. The third-order valence-electron chi connectivity index (χ3n) is 11.8. The van der Waals surface area contributed by atoms with Crippen molar-refractivity contribution in [3.8, 4) is 0 Å². The number of aromatic nitrogens is 8. The maximum Gasteiger partial charge on any atom is 0.490 e. The molecule has 0 aromatic carbocycles. The van der Waals surface area contributed by atoms with Crippen LogP contribution in [-0.4, -0.2) is 184 Å². The number of nitrogens with zero attached hydrogens (tertiary/aromatic N) is 8. The minimum Gasteiger partial charge on any atom is -0.387 e. The van der Waals surface area contributed by atoms with Gasteiger partial charge in [-0.05, 0) is 26.1 Å². The Morgan fingerprint density at radius 3 is 2.01 bits per heavy atom.